The molecule has 2 aromatic rings. The average Bonchev–Trinajstić information content (AvgIpc) is 2.83. The Labute approximate surface area is 113 Å². The van der Waals surface area contributed by atoms with Crippen LogP contribution in [0.1, 0.15) is 6.42 Å². The zero-order chi connectivity index (χ0) is 14.6. The molecule has 1 heterocycles. The van der Waals surface area contributed by atoms with Gasteiger partial charge in [0, 0.05) is 30.5 Å². The molecule has 0 aliphatic carbocycles. The average molecular weight is 286 g/mol. The Morgan fingerprint density at radius 2 is 2.00 bits per heavy atom. The summed E-state index contributed by atoms with van der Waals surface area (Å²) < 4.78 is 42.6. The Balaban J connectivity index is 2.26. The molecule has 7 heteroatoms. The first-order valence-electron chi connectivity index (χ1n) is 5.98. The molecule has 1 aromatic heterocycles. The van der Waals surface area contributed by atoms with E-state index in [9.17, 15) is 13.2 Å². The molecule has 4 nitrogen and oxygen atoms in total. The molecule has 0 saturated heterocycles. The number of aryl methyl sites for hydroxylation is 1. The van der Waals surface area contributed by atoms with Crippen molar-refractivity contribution in [3.05, 3.63) is 36.7 Å². The Kier molecular flexibility index (Phi) is 4.29. The van der Waals surface area contributed by atoms with Crippen molar-refractivity contribution in [1.29, 1.82) is 0 Å². The highest BCUT2D eigenvalue weighted by Crippen LogP contribution is 2.33. The van der Waals surface area contributed by atoms with E-state index in [1.165, 1.54) is 24.4 Å². The van der Waals surface area contributed by atoms with Crippen LogP contribution >= 0.6 is 0 Å². The summed E-state index contributed by atoms with van der Waals surface area (Å²) in [6, 6.07) is 5.90. The van der Waals surface area contributed by atoms with Gasteiger partial charge >= 0.3 is 6.36 Å². The molecule has 1 aromatic carbocycles. The van der Waals surface area contributed by atoms with Gasteiger partial charge in [0.1, 0.15) is 5.75 Å². The lowest BCUT2D eigenvalue weighted by Gasteiger charge is -2.12. The van der Waals surface area contributed by atoms with E-state index in [4.69, 9.17) is 5.11 Å². The van der Waals surface area contributed by atoms with E-state index in [1.54, 1.807) is 16.9 Å². The highest BCUT2D eigenvalue weighted by Gasteiger charge is 2.32. The highest BCUT2D eigenvalue weighted by molar-refractivity contribution is 5.69. The number of halogens is 3. The summed E-state index contributed by atoms with van der Waals surface area (Å²) in [4.78, 5) is 0. The molecule has 1 N–H and O–H groups in total. The summed E-state index contributed by atoms with van der Waals surface area (Å²) >= 11 is 0. The van der Waals surface area contributed by atoms with E-state index >= 15 is 0 Å². The monoisotopic (exact) mass is 286 g/mol. The van der Waals surface area contributed by atoms with Crippen molar-refractivity contribution in [2.45, 2.75) is 19.3 Å². The van der Waals surface area contributed by atoms with Gasteiger partial charge in [0.25, 0.3) is 0 Å². The maximum absolute atomic E-state index is 12.3. The van der Waals surface area contributed by atoms with E-state index in [1.807, 2.05) is 0 Å². The Hall–Kier alpha value is -2.02. The molecule has 108 valence electrons. The summed E-state index contributed by atoms with van der Waals surface area (Å²) in [6.07, 6.45) is -1.12. The minimum absolute atomic E-state index is 0.0307. The molecule has 0 unspecified atom stereocenters. The van der Waals surface area contributed by atoms with E-state index in [2.05, 4.69) is 9.84 Å². The van der Waals surface area contributed by atoms with Crippen LogP contribution in [0.25, 0.3) is 11.1 Å². The van der Waals surface area contributed by atoms with Crippen molar-refractivity contribution in [2.24, 2.45) is 0 Å². The third-order valence-electron chi connectivity index (χ3n) is 2.60. The third-order valence-corrected chi connectivity index (χ3v) is 2.60. The van der Waals surface area contributed by atoms with Crippen molar-refractivity contribution in [1.82, 2.24) is 9.78 Å². The van der Waals surface area contributed by atoms with Gasteiger partial charge in [0.05, 0.1) is 6.20 Å². The molecule has 0 aliphatic heterocycles. The fourth-order valence-electron chi connectivity index (χ4n) is 1.78. The first-order chi connectivity index (χ1) is 9.49. The number of hydrogen-bond acceptors (Lipinski definition) is 3. The number of hydrogen-bond donors (Lipinski definition) is 1. The normalized spacial score (nSPS) is 11.6. The number of alkyl halides is 3. The van der Waals surface area contributed by atoms with Crippen LogP contribution in [-0.2, 0) is 6.54 Å². The Bertz CT molecular complexity index is 567. The lowest BCUT2D eigenvalue weighted by molar-refractivity contribution is -0.274. The van der Waals surface area contributed by atoms with Crippen LogP contribution < -0.4 is 4.74 Å². The predicted octanol–water partition coefficient (Wildman–Crippen LogP) is 2.83. The second-order valence-corrected chi connectivity index (χ2v) is 4.11. The SMILES string of the molecule is OCCCn1cc(-c2ccccc2OC(F)(F)F)cn1. The number of benzene rings is 1. The quantitative estimate of drug-likeness (QED) is 0.919. The van der Waals surface area contributed by atoms with E-state index in [0.29, 0.717) is 24.1 Å². The molecular formula is C13H13F3N2O2. The van der Waals surface area contributed by atoms with Crippen molar-refractivity contribution in [3.8, 4) is 16.9 Å². The number of aromatic nitrogens is 2. The van der Waals surface area contributed by atoms with Gasteiger partial charge in [-0.25, -0.2) is 0 Å². The second kappa shape index (κ2) is 5.96. The van der Waals surface area contributed by atoms with Gasteiger partial charge in [0.2, 0.25) is 0 Å². The van der Waals surface area contributed by atoms with Crippen LogP contribution in [0.4, 0.5) is 13.2 Å². The van der Waals surface area contributed by atoms with Gasteiger partial charge in [-0.2, -0.15) is 5.10 Å². The highest BCUT2D eigenvalue weighted by atomic mass is 19.4. The van der Waals surface area contributed by atoms with E-state index < -0.39 is 6.36 Å². The van der Waals surface area contributed by atoms with Gasteiger partial charge < -0.3 is 9.84 Å². The summed E-state index contributed by atoms with van der Waals surface area (Å²) in [5, 5.41) is 12.8. The number of aliphatic hydroxyl groups is 1. The van der Waals surface area contributed by atoms with Crippen molar-refractivity contribution >= 4 is 0 Å². The maximum atomic E-state index is 12.3. The largest absolute Gasteiger partial charge is 0.573 e. The number of ether oxygens (including phenoxy) is 1. The second-order valence-electron chi connectivity index (χ2n) is 4.11. The molecule has 20 heavy (non-hydrogen) atoms. The minimum Gasteiger partial charge on any atom is -0.405 e. The van der Waals surface area contributed by atoms with Crippen LogP contribution in [0, 0.1) is 0 Å². The zero-order valence-corrected chi connectivity index (χ0v) is 10.5. The van der Waals surface area contributed by atoms with Gasteiger partial charge in [-0.05, 0) is 12.5 Å². The summed E-state index contributed by atoms with van der Waals surface area (Å²) in [5.74, 6) is -0.262. The van der Waals surface area contributed by atoms with E-state index in [-0.39, 0.29) is 12.4 Å². The molecule has 0 amide bonds. The van der Waals surface area contributed by atoms with Crippen molar-refractivity contribution in [3.63, 3.8) is 0 Å². The zero-order valence-electron chi connectivity index (χ0n) is 10.5. The van der Waals surface area contributed by atoms with E-state index in [0.717, 1.165) is 0 Å². The first kappa shape index (κ1) is 14.4. The molecule has 0 atom stereocenters. The summed E-state index contributed by atoms with van der Waals surface area (Å²) in [5.41, 5.74) is 0.850. The van der Waals surface area contributed by atoms with Crippen LogP contribution in [0.2, 0.25) is 0 Å². The molecule has 0 spiro atoms. The maximum Gasteiger partial charge on any atom is 0.573 e. The number of aliphatic hydroxyl groups excluding tert-OH is 1. The van der Waals surface area contributed by atoms with Gasteiger partial charge in [0.15, 0.2) is 0 Å². The number of rotatable bonds is 5. The predicted molar refractivity (Wildman–Crippen MR) is 66.0 cm³/mol. The van der Waals surface area contributed by atoms with Crippen LogP contribution in [0.15, 0.2) is 36.7 Å². The Morgan fingerprint density at radius 1 is 1.25 bits per heavy atom. The molecule has 0 radical (unpaired) electrons. The molecule has 0 fully saturated rings. The fourth-order valence-corrected chi connectivity index (χ4v) is 1.78. The van der Waals surface area contributed by atoms with Gasteiger partial charge in [-0.15, -0.1) is 13.2 Å². The van der Waals surface area contributed by atoms with Crippen LogP contribution in [-0.4, -0.2) is 27.9 Å². The fraction of sp³-hybridized carbons (Fsp3) is 0.308. The van der Waals surface area contributed by atoms with Crippen LogP contribution in [0.3, 0.4) is 0 Å². The van der Waals surface area contributed by atoms with Crippen molar-refractivity contribution in [2.75, 3.05) is 6.61 Å². The smallest absolute Gasteiger partial charge is 0.405 e. The molecule has 2 rings (SSSR count). The first-order valence-corrected chi connectivity index (χ1v) is 5.98. The molecular weight excluding hydrogens is 273 g/mol. The lowest BCUT2D eigenvalue weighted by atomic mass is 10.1. The third kappa shape index (κ3) is 3.74. The molecule has 0 bridgehead atoms. The summed E-state index contributed by atoms with van der Waals surface area (Å²) in [7, 11) is 0. The lowest BCUT2D eigenvalue weighted by Crippen LogP contribution is -2.17. The Morgan fingerprint density at radius 3 is 2.70 bits per heavy atom. The topological polar surface area (TPSA) is 47.3 Å². The molecule has 0 aliphatic rings. The summed E-state index contributed by atoms with van der Waals surface area (Å²) in [6.45, 7) is 0.530. The van der Waals surface area contributed by atoms with Crippen molar-refractivity contribution < 1.29 is 23.0 Å². The molecule has 0 saturated carbocycles. The standard InChI is InChI=1S/C13H13F3N2O2/c14-13(15,16)20-12-5-2-1-4-11(12)10-8-17-18(9-10)6-3-7-19/h1-2,4-5,8-9,19H,3,6-7H2. The van der Waals surface area contributed by atoms with Gasteiger partial charge in [-0.3, -0.25) is 4.68 Å². The number of nitrogens with zero attached hydrogens (tertiary/aromatic N) is 2. The van der Waals surface area contributed by atoms with Crippen LogP contribution in [0.5, 0.6) is 5.75 Å². The van der Waals surface area contributed by atoms with Gasteiger partial charge in [-0.1, -0.05) is 18.2 Å². The minimum atomic E-state index is -4.73. The number of para-hydroxylation sites is 1.